The van der Waals surface area contributed by atoms with Crippen LogP contribution < -0.4 is 17.2 Å². The summed E-state index contributed by atoms with van der Waals surface area (Å²) in [5.74, 6) is 0. The van der Waals surface area contributed by atoms with Crippen LogP contribution >= 0.6 is 0 Å². The summed E-state index contributed by atoms with van der Waals surface area (Å²) in [5, 5.41) is 0. The van der Waals surface area contributed by atoms with Gasteiger partial charge in [-0.15, -0.1) is 0 Å². The molecule has 0 saturated carbocycles. The van der Waals surface area contributed by atoms with Crippen LogP contribution in [-0.2, 0) is 6.54 Å². The molecule has 122 valence electrons. The van der Waals surface area contributed by atoms with Gasteiger partial charge in [-0.3, -0.25) is 0 Å². The number of aryl methyl sites for hydroxylation is 1. The Morgan fingerprint density at radius 2 is 1.54 bits per heavy atom. The lowest BCUT2D eigenvalue weighted by molar-refractivity contribution is 1.07. The van der Waals surface area contributed by atoms with Gasteiger partial charge in [0.25, 0.3) is 0 Å². The first-order valence-corrected chi connectivity index (χ1v) is 8.06. The topological polar surface area (TPSA) is 78.1 Å². The minimum absolute atomic E-state index is 0.519. The molecular weight excluding hydrogens is 294 g/mol. The number of anilines is 2. The molecule has 3 nitrogen and oxygen atoms in total. The maximum Gasteiger partial charge on any atom is 0.0350 e. The summed E-state index contributed by atoms with van der Waals surface area (Å²) in [6.45, 7) is 4.61. The van der Waals surface area contributed by atoms with Crippen molar-refractivity contribution in [3.05, 3.63) is 71.3 Å². The predicted octanol–water partition coefficient (Wildman–Crippen LogP) is 4.26. The van der Waals surface area contributed by atoms with Crippen LogP contribution in [0.2, 0.25) is 0 Å². The molecule has 3 aromatic carbocycles. The highest BCUT2D eigenvalue weighted by molar-refractivity contribution is 5.89. The van der Waals surface area contributed by atoms with Crippen molar-refractivity contribution < 1.29 is 0 Å². The molecule has 3 heteroatoms. The highest BCUT2D eigenvalue weighted by atomic mass is 14.6. The van der Waals surface area contributed by atoms with Gasteiger partial charge in [-0.1, -0.05) is 30.3 Å². The molecule has 0 radical (unpaired) electrons. The molecule has 0 aliphatic carbocycles. The summed E-state index contributed by atoms with van der Waals surface area (Å²) in [7, 11) is 0. The average Bonchev–Trinajstić information content (AvgIpc) is 2.59. The highest BCUT2D eigenvalue weighted by Crippen LogP contribution is 2.38. The summed E-state index contributed by atoms with van der Waals surface area (Å²) in [6, 6.07) is 18.5. The molecule has 0 amide bonds. The van der Waals surface area contributed by atoms with Crippen molar-refractivity contribution >= 4 is 11.4 Å². The SMILES string of the molecule is Cc1cc(-c2ccc(N)c(C)c2-c2cccc(CN)c2)ccc1N. The zero-order chi connectivity index (χ0) is 17.3. The average molecular weight is 317 g/mol. The van der Waals surface area contributed by atoms with Crippen molar-refractivity contribution in [3.63, 3.8) is 0 Å². The molecule has 3 rings (SSSR count). The van der Waals surface area contributed by atoms with Crippen LogP contribution in [0.4, 0.5) is 11.4 Å². The fourth-order valence-electron chi connectivity index (χ4n) is 3.04. The van der Waals surface area contributed by atoms with Crippen molar-refractivity contribution in [3.8, 4) is 22.3 Å². The molecule has 0 heterocycles. The lowest BCUT2D eigenvalue weighted by Crippen LogP contribution is -1.99. The molecule has 0 aliphatic rings. The molecule has 3 aromatic rings. The van der Waals surface area contributed by atoms with E-state index < -0.39 is 0 Å². The number of nitrogen functional groups attached to an aromatic ring is 2. The first-order chi connectivity index (χ1) is 11.5. The Hall–Kier alpha value is -2.78. The summed E-state index contributed by atoms with van der Waals surface area (Å²) in [6.07, 6.45) is 0. The smallest absolute Gasteiger partial charge is 0.0350 e. The standard InChI is InChI=1S/C21H23N3/c1-13-10-16(6-8-19(13)23)18-7-9-20(24)14(2)21(18)17-5-3-4-15(11-17)12-22/h3-11H,12,22-24H2,1-2H3. The van der Waals surface area contributed by atoms with Crippen molar-refractivity contribution in [1.29, 1.82) is 0 Å². The fraction of sp³-hybridized carbons (Fsp3) is 0.143. The van der Waals surface area contributed by atoms with E-state index in [0.29, 0.717) is 6.54 Å². The first kappa shape index (κ1) is 16.1. The molecule has 0 bridgehead atoms. The third-order valence-corrected chi connectivity index (χ3v) is 4.54. The normalized spacial score (nSPS) is 10.8. The predicted molar refractivity (Wildman–Crippen MR) is 104 cm³/mol. The Bertz CT molecular complexity index is 898. The van der Waals surface area contributed by atoms with Gasteiger partial charge >= 0.3 is 0 Å². The zero-order valence-corrected chi connectivity index (χ0v) is 14.1. The van der Waals surface area contributed by atoms with Crippen LogP contribution in [0, 0.1) is 13.8 Å². The quantitative estimate of drug-likeness (QED) is 0.632. The minimum Gasteiger partial charge on any atom is -0.399 e. The number of nitrogens with two attached hydrogens (primary N) is 3. The lowest BCUT2D eigenvalue weighted by Gasteiger charge is -2.17. The molecule has 0 unspecified atom stereocenters. The van der Waals surface area contributed by atoms with Gasteiger partial charge in [0.2, 0.25) is 0 Å². The van der Waals surface area contributed by atoms with Crippen LogP contribution in [-0.4, -0.2) is 0 Å². The Morgan fingerprint density at radius 3 is 2.25 bits per heavy atom. The van der Waals surface area contributed by atoms with Crippen molar-refractivity contribution in [1.82, 2.24) is 0 Å². The molecule has 24 heavy (non-hydrogen) atoms. The Kier molecular flexibility index (Phi) is 4.28. The lowest BCUT2D eigenvalue weighted by atomic mass is 9.89. The van der Waals surface area contributed by atoms with E-state index >= 15 is 0 Å². The summed E-state index contributed by atoms with van der Waals surface area (Å²) < 4.78 is 0. The Balaban J connectivity index is 2.27. The van der Waals surface area contributed by atoms with Gasteiger partial charge in [0.05, 0.1) is 0 Å². The second-order valence-electron chi connectivity index (χ2n) is 6.18. The van der Waals surface area contributed by atoms with E-state index in [4.69, 9.17) is 17.2 Å². The zero-order valence-electron chi connectivity index (χ0n) is 14.1. The molecule has 0 aliphatic heterocycles. The van der Waals surface area contributed by atoms with E-state index in [2.05, 4.69) is 37.3 Å². The molecule has 0 spiro atoms. The van der Waals surface area contributed by atoms with Crippen molar-refractivity contribution in [2.45, 2.75) is 20.4 Å². The number of hydrogen-bond acceptors (Lipinski definition) is 3. The van der Waals surface area contributed by atoms with Crippen molar-refractivity contribution in [2.75, 3.05) is 11.5 Å². The monoisotopic (exact) mass is 317 g/mol. The molecule has 6 N–H and O–H groups in total. The van der Waals surface area contributed by atoms with Crippen LogP contribution in [0.15, 0.2) is 54.6 Å². The van der Waals surface area contributed by atoms with Crippen molar-refractivity contribution in [2.24, 2.45) is 5.73 Å². The molecule has 0 aromatic heterocycles. The second-order valence-corrected chi connectivity index (χ2v) is 6.18. The maximum atomic E-state index is 6.18. The van der Waals surface area contributed by atoms with E-state index in [-0.39, 0.29) is 0 Å². The maximum absolute atomic E-state index is 6.18. The molecule has 0 fully saturated rings. The molecule has 0 atom stereocenters. The summed E-state index contributed by atoms with van der Waals surface area (Å²) in [4.78, 5) is 0. The minimum atomic E-state index is 0.519. The summed E-state index contributed by atoms with van der Waals surface area (Å²) in [5.41, 5.74) is 27.4. The third-order valence-electron chi connectivity index (χ3n) is 4.54. The van der Waals surface area contributed by atoms with Gasteiger partial charge in [-0.05, 0) is 77.1 Å². The second kappa shape index (κ2) is 6.38. The first-order valence-electron chi connectivity index (χ1n) is 8.06. The van der Waals surface area contributed by atoms with E-state index in [0.717, 1.165) is 50.3 Å². The van der Waals surface area contributed by atoms with Gasteiger partial charge in [-0.25, -0.2) is 0 Å². The van der Waals surface area contributed by atoms with E-state index in [1.54, 1.807) is 0 Å². The highest BCUT2D eigenvalue weighted by Gasteiger charge is 2.13. The van der Waals surface area contributed by atoms with Gasteiger partial charge in [-0.2, -0.15) is 0 Å². The van der Waals surface area contributed by atoms with E-state index in [1.807, 2.05) is 31.2 Å². The largest absolute Gasteiger partial charge is 0.399 e. The van der Waals surface area contributed by atoms with E-state index in [1.165, 1.54) is 0 Å². The van der Waals surface area contributed by atoms with Gasteiger partial charge in [0.1, 0.15) is 0 Å². The molecule has 0 saturated heterocycles. The van der Waals surface area contributed by atoms with Crippen LogP contribution in [0.3, 0.4) is 0 Å². The van der Waals surface area contributed by atoms with Gasteiger partial charge in [0, 0.05) is 17.9 Å². The van der Waals surface area contributed by atoms with Gasteiger partial charge < -0.3 is 17.2 Å². The number of hydrogen-bond donors (Lipinski definition) is 3. The third kappa shape index (κ3) is 2.86. The Morgan fingerprint density at radius 1 is 0.792 bits per heavy atom. The number of rotatable bonds is 3. The molecular formula is C21H23N3. The Labute approximate surface area is 143 Å². The summed E-state index contributed by atoms with van der Waals surface area (Å²) >= 11 is 0. The number of benzene rings is 3. The van der Waals surface area contributed by atoms with Crippen LogP contribution in [0.5, 0.6) is 0 Å². The fourth-order valence-corrected chi connectivity index (χ4v) is 3.04. The van der Waals surface area contributed by atoms with Crippen LogP contribution in [0.1, 0.15) is 16.7 Å². The van der Waals surface area contributed by atoms with Crippen LogP contribution in [0.25, 0.3) is 22.3 Å². The van der Waals surface area contributed by atoms with Gasteiger partial charge in [0.15, 0.2) is 0 Å². The van der Waals surface area contributed by atoms with E-state index in [9.17, 15) is 0 Å².